The number of hydrogen-bond donors (Lipinski definition) is 1. The van der Waals surface area contributed by atoms with Gasteiger partial charge < -0.3 is 9.73 Å². The van der Waals surface area contributed by atoms with Gasteiger partial charge in [0.15, 0.2) is 5.82 Å². The summed E-state index contributed by atoms with van der Waals surface area (Å²) in [6.45, 7) is 3.65. The molecule has 1 N–H and O–H groups in total. The summed E-state index contributed by atoms with van der Waals surface area (Å²) in [5.41, 5.74) is 2.34. The van der Waals surface area contributed by atoms with Crippen LogP contribution in [-0.2, 0) is 9.59 Å². The molecular weight excluding hydrogens is 340 g/mol. The Morgan fingerprint density at radius 1 is 1.48 bits per heavy atom. The molecule has 25 heavy (non-hydrogen) atoms. The van der Waals surface area contributed by atoms with Crippen molar-refractivity contribution in [3.8, 4) is 17.4 Å². The highest BCUT2D eigenvalue weighted by atomic mass is 32.2. The zero-order valence-corrected chi connectivity index (χ0v) is 14.4. The minimum Gasteiger partial charge on any atom is -0.464 e. The summed E-state index contributed by atoms with van der Waals surface area (Å²) in [6.07, 6.45) is 1.50. The highest BCUT2D eigenvalue weighted by Gasteiger charge is 2.22. The van der Waals surface area contributed by atoms with Crippen LogP contribution in [0.4, 0.5) is 5.82 Å². The first-order chi connectivity index (χ1) is 12.0. The molecule has 0 atom stereocenters. The van der Waals surface area contributed by atoms with Gasteiger partial charge in [0.05, 0.1) is 23.5 Å². The van der Waals surface area contributed by atoms with Gasteiger partial charge in [-0.3, -0.25) is 9.59 Å². The first kappa shape index (κ1) is 16.9. The predicted molar refractivity (Wildman–Crippen MR) is 94.3 cm³/mol. The third-order valence-corrected chi connectivity index (χ3v) is 4.70. The van der Waals surface area contributed by atoms with Crippen LogP contribution in [-0.4, -0.2) is 27.6 Å². The van der Waals surface area contributed by atoms with E-state index in [1.54, 1.807) is 19.1 Å². The molecule has 7 nitrogen and oxygen atoms in total. The number of nitrogens with zero attached hydrogens (tertiary/aromatic N) is 3. The molecule has 0 aliphatic carbocycles. The van der Waals surface area contributed by atoms with Crippen molar-refractivity contribution in [1.82, 2.24) is 4.98 Å². The van der Waals surface area contributed by atoms with Crippen LogP contribution in [0.2, 0.25) is 0 Å². The normalized spacial score (nSPS) is 13.5. The zero-order chi connectivity index (χ0) is 18.0. The van der Waals surface area contributed by atoms with Gasteiger partial charge in [0, 0.05) is 11.3 Å². The van der Waals surface area contributed by atoms with E-state index in [1.807, 2.05) is 6.92 Å². The molecule has 0 fully saturated rings. The van der Waals surface area contributed by atoms with Crippen molar-refractivity contribution in [2.45, 2.75) is 20.3 Å². The molecule has 0 aromatic carbocycles. The summed E-state index contributed by atoms with van der Waals surface area (Å²) in [6, 6.07) is 5.59. The summed E-state index contributed by atoms with van der Waals surface area (Å²) in [5.74, 6) is 0.359. The predicted octanol–water partition coefficient (Wildman–Crippen LogP) is 2.83. The van der Waals surface area contributed by atoms with Crippen LogP contribution in [0.15, 0.2) is 27.8 Å². The molecule has 0 bridgehead atoms. The zero-order valence-electron chi connectivity index (χ0n) is 13.6. The van der Waals surface area contributed by atoms with E-state index in [-0.39, 0.29) is 35.4 Å². The quantitative estimate of drug-likeness (QED) is 0.904. The molecule has 1 aliphatic heterocycles. The van der Waals surface area contributed by atoms with Gasteiger partial charge in [-0.05, 0) is 31.5 Å². The topological polar surface area (TPSA) is 108 Å². The molecule has 2 aromatic rings. The van der Waals surface area contributed by atoms with Gasteiger partial charge in [-0.1, -0.05) is 0 Å². The van der Waals surface area contributed by atoms with Crippen molar-refractivity contribution in [1.29, 1.82) is 5.26 Å². The van der Waals surface area contributed by atoms with Gasteiger partial charge >= 0.3 is 0 Å². The lowest BCUT2D eigenvalue weighted by Crippen LogP contribution is -2.17. The highest BCUT2D eigenvalue weighted by molar-refractivity contribution is 8.15. The number of thioether (sulfide) groups is 1. The number of carbonyl (C=O) groups is 2. The molecule has 3 rings (SSSR count). The largest absolute Gasteiger partial charge is 0.464 e. The minimum absolute atomic E-state index is 0.0219. The van der Waals surface area contributed by atoms with Crippen molar-refractivity contribution >= 4 is 34.4 Å². The number of aryl methyl sites for hydroxylation is 1. The fraction of sp³-hybridized carbons (Fsp3) is 0.235. The molecular formula is C17H14N4O3S. The second-order valence-electron chi connectivity index (χ2n) is 5.42. The minimum atomic E-state index is -0.376. The van der Waals surface area contributed by atoms with Crippen LogP contribution >= 0.6 is 11.8 Å². The lowest BCUT2D eigenvalue weighted by atomic mass is 10.00. The number of pyridine rings is 1. The first-order valence-corrected chi connectivity index (χ1v) is 8.46. The molecule has 0 saturated heterocycles. The smallest absolute Gasteiger partial charge is 0.256 e. The maximum Gasteiger partial charge on any atom is 0.256 e. The van der Waals surface area contributed by atoms with Crippen molar-refractivity contribution in [3.63, 3.8) is 0 Å². The number of nitriles is 1. The van der Waals surface area contributed by atoms with Gasteiger partial charge in [0.25, 0.3) is 5.91 Å². The lowest BCUT2D eigenvalue weighted by molar-refractivity contribution is -0.115. The van der Waals surface area contributed by atoms with E-state index >= 15 is 0 Å². The van der Waals surface area contributed by atoms with E-state index in [1.165, 1.54) is 18.0 Å². The number of amides is 2. The van der Waals surface area contributed by atoms with E-state index in [4.69, 9.17) is 4.42 Å². The van der Waals surface area contributed by atoms with E-state index in [0.717, 1.165) is 5.56 Å². The molecule has 1 aliphatic rings. The van der Waals surface area contributed by atoms with Crippen LogP contribution in [0.25, 0.3) is 11.3 Å². The summed E-state index contributed by atoms with van der Waals surface area (Å²) in [5, 5.41) is 12.7. The van der Waals surface area contributed by atoms with Crippen molar-refractivity contribution in [3.05, 3.63) is 35.2 Å². The Morgan fingerprint density at radius 2 is 2.28 bits per heavy atom. The van der Waals surface area contributed by atoms with E-state index in [2.05, 4.69) is 21.4 Å². The molecule has 0 saturated carbocycles. The molecule has 0 radical (unpaired) electrons. The fourth-order valence-corrected chi connectivity index (χ4v) is 3.23. The van der Waals surface area contributed by atoms with Gasteiger partial charge in [0.1, 0.15) is 17.4 Å². The van der Waals surface area contributed by atoms with Crippen LogP contribution in [0.5, 0.6) is 0 Å². The third kappa shape index (κ3) is 3.46. The molecule has 3 heterocycles. The summed E-state index contributed by atoms with van der Waals surface area (Å²) >= 11 is 1.25. The van der Waals surface area contributed by atoms with E-state index < -0.39 is 0 Å². The Hall–Kier alpha value is -2.92. The van der Waals surface area contributed by atoms with E-state index in [9.17, 15) is 14.9 Å². The second-order valence-corrected chi connectivity index (χ2v) is 6.47. The third-order valence-electron chi connectivity index (χ3n) is 3.74. The summed E-state index contributed by atoms with van der Waals surface area (Å²) in [4.78, 5) is 31.5. The Labute approximate surface area is 148 Å². The molecule has 2 aromatic heterocycles. The fourth-order valence-electron chi connectivity index (χ4n) is 2.48. The van der Waals surface area contributed by atoms with Crippen molar-refractivity contribution in [2.75, 3.05) is 11.1 Å². The molecule has 0 unspecified atom stereocenters. The van der Waals surface area contributed by atoms with Gasteiger partial charge in [0.2, 0.25) is 5.91 Å². The van der Waals surface area contributed by atoms with Crippen molar-refractivity contribution in [2.24, 2.45) is 4.99 Å². The van der Waals surface area contributed by atoms with E-state index in [0.29, 0.717) is 22.1 Å². The second kappa shape index (κ2) is 6.91. The SMILES string of the molecule is Cc1nc(NC(=O)CC2=NC(=O)CS2)c(C#N)c(-c2ccco2)c1C. The van der Waals surface area contributed by atoms with Crippen molar-refractivity contribution < 1.29 is 14.0 Å². The number of carbonyl (C=O) groups excluding carboxylic acids is 2. The Bertz CT molecular complexity index is 926. The number of anilines is 1. The Kier molecular flexibility index (Phi) is 4.67. The lowest BCUT2D eigenvalue weighted by Gasteiger charge is -2.13. The van der Waals surface area contributed by atoms with Gasteiger partial charge in [-0.2, -0.15) is 5.26 Å². The van der Waals surface area contributed by atoms with Crippen LogP contribution in [0, 0.1) is 25.2 Å². The number of aromatic nitrogens is 1. The number of aliphatic imine (C=N–C) groups is 1. The van der Waals surface area contributed by atoms with Crippen LogP contribution in [0.1, 0.15) is 23.2 Å². The monoisotopic (exact) mass is 354 g/mol. The number of furan rings is 1. The Balaban J connectivity index is 1.94. The average Bonchev–Trinajstić information content (AvgIpc) is 3.22. The van der Waals surface area contributed by atoms with Gasteiger partial charge in [-0.15, -0.1) is 11.8 Å². The molecule has 8 heteroatoms. The number of nitrogens with one attached hydrogen (secondary N) is 1. The molecule has 126 valence electrons. The van der Waals surface area contributed by atoms with Crippen LogP contribution < -0.4 is 5.32 Å². The van der Waals surface area contributed by atoms with Crippen LogP contribution in [0.3, 0.4) is 0 Å². The average molecular weight is 354 g/mol. The number of hydrogen-bond acceptors (Lipinski definition) is 6. The van der Waals surface area contributed by atoms with Gasteiger partial charge in [-0.25, -0.2) is 9.98 Å². The summed E-state index contributed by atoms with van der Waals surface area (Å²) < 4.78 is 5.43. The molecule has 0 spiro atoms. The Morgan fingerprint density at radius 3 is 2.88 bits per heavy atom. The standard InChI is InChI=1S/C17H14N4O3S/c1-9-10(2)19-17(11(7-18)16(9)12-4-3-5-24-12)21-13(22)6-15-20-14(23)8-25-15/h3-5H,6,8H2,1-2H3,(H,19,21,22). The highest BCUT2D eigenvalue weighted by Crippen LogP contribution is 2.33. The molecule has 2 amide bonds. The summed E-state index contributed by atoms with van der Waals surface area (Å²) in [7, 11) is 0. The number of rotatable bonds is 4. The maximum atomic E-state index is 12.2. The first-order valence-electron chi connectivity index (χ1n) is 7.47. The maximum absolute atomic E-state index is 12.2.